The molecule has 0 saturated heterocycles. The van der Waals surface area contributed by atoms with Gasteiger partial charge in [0.2, 0.25) is 0 Å². The van der Waals surface area contributed by atoms with E-state index in [0.717, 1.165) is 17.9 Å². The summed E-state index contributed by atoms with van der Waals surface area (Å²) in [5, 5.41) is 0. The molecule has 0 aliphatic rings. The molecule has 0 aliphatic heterocycles. The Hall–Kier alpha value is -0.0761. The fourth-order valence-corrected chi connectivity index (χ4v) is 0.812. The molecular formula is C9H12N2Y-2. The summed E-state index contributed by atoms with van der Waals surface area (Å²) in [6.45, 7) is 4.48. The van der Waals surface area contributed by atoms with Crippen LogP contribution < -0.4 is 10.6 Å². The number of hydrogen-bond donors (Lipinski definition) is 1. The van der Waals surface area contributed by atoms with Crippen LogP contribution in [0.1, 0.15) is 0 Å². The molecule has 2 N–H and O–H groups in total. The van der Waals surface area contributed by atoms with E-state index in [1.807, 2.05) is 30.1 Å². The standard InChI is InChI=1S/C9H12N2.Y/c1-3-11(2)9-6-4-5-8(10)7-9;/h4-5,7H,1,3,10H2,2H3;/q-2;. The average molecular weight is 237 g/mol. The van der Waals surface area contributed by atoms with Crippen LogP contribution in [0, 0.1) is 13.0 Å². The Labute approximate surface area is 99.0 Å². The van der Waals surface area contributed by atoms with E-state index in [1.165, 1.54) is 0 Å². The van der Waals surface area contributed by atoms with Crippen LogP contribution in [-0.4, -0.2) is 13.6 Å². The number of benzene rings is 1. The molecule has 0 fully saturated rings. The minimum Gasteiger partial charge on any atom is -0.426 e. The zero-order chi connectivity index (χ0) is 8.27. The molecule has 1 rings (SSSR count). The number of anilines is 2. The average Bonchev–Trinajstić information content (AvgIpc) is 2.03. The Kier molecular flexibility index (Phi) is 5.51. The number of nitrogens with two attached hydrogens (primary N) is 1. The zero-order valence-electron chi connectivity index (χ0n) is 7.25. The van der Waals surface area contributed by atoms with Crippen LogP contribution in [0.3, 0.4) is 0 Å². The Balaban J connectivity index is 0.00000121. The van der Waals surface area contributed by atoms with E-state index in [1.54, 1.807) is 0 Å². The van der Waals surface area contributed by atoms with Crippen molar-refractivity contribution in [1.29, 1.82) is 0 Å². The normalized spacial score (nSPS) is 8.83. The van der Waals surface area contributed by atoms with Crippen molar-refractivity contribution < 1.29 is 32.7 Å². The van der Waals surface area contributed by atoms with E-state index in [-0.39, 0.29) is 32.7 Å². The van der Waals surface area contributed by atoms with Crippen LogP contribution in [0.25, 0.3) is 0 Å². The van der Waals surface area contributed by atoms with Crippen LogP contribution >= 0.6 is 0 Å². The number of nitrogen functional groups attached to an aromatic ring is 1. The van der Waals surface area contributed by atoms with Gasteiger partial charge in [-0.05, 0) is 0 Å². The maximum absolute atomic E-state index is 5.58. The summed E-state index contributed by atoms with van der Waals surface area (Å²) in [7, 11) is 1.96. The molecule has 0 atom stereocenters. The predicted molar refractivity (Wildman–Crippen MR) is 48.3 cm³/mol. The summed E-state index contributed by atoms with van der Waals surface area (Å²) in [4.78, 5) is 1.98. The third-order valence-corrected chi connectivity index (χ3v) is 1.56. The minimum atomic E-state index is 0. The molecule has 0 aromatic heterocycles. The van der Waals surface area contributed by atoms with Gasteiger partial charge in [0.15, 0.2) is 0 Å². The summed E-state index contributed by atoms with van der Waals surface area (Å²) in [6, 6.07) is 8.58. The quantitative estimate of drug-likeness (QED) is 0.621. The number of nitrogens with zero attached hydrogens (tertiary/aromatic N) is 1. The van der Waals surface area contributed by atoms with Crippen molar-refractivity contribution in [2.24, 2.45) is 0 Å². The molecule has 1 aromatic rings. The second-order valence-electron chi connectivity index (χ2n) is 2.43. The second kappa shape index (κ2) is 5.55. The van der Waals surface area contributed by atoms with Gasteiger partial charge < -0.3 is 17.6 Å². The van der Waals surface area contributed by atoms with Crippen molar-refractivity contribution in [1.82, 2.24) is 0 Å². The van der Waals surface area contributed by atoms with Gasteiger partial charge in [-0.3, -0.25) is 0 Å². The molecule has 12 heavy (non-hydrogen) atoms. The molecule has 0 bridgehead atoms. The fraction of sp³-hybridized carbons (Fsp3) is 0.222. The molecule has 2 nitrogen and oxygen atoms in total. The molecule has 0 unspecified atom stereocenters. The summed E-state index contributed by atoms with van der Waals surface area (Å²) >= 11 is 0. The Bertz CT molecular complexity index is 238. The number of hydrogen-bond acceptors (Lipinski definition) is 2. The van der Waals surface area contributed by atoms with Crippen molar-refractivity contribution in [3.05, 3.63) is 31.2 Å². The first-order chi connectivity index (χ1) is 5.24. The molecule has 0 saturated carbocycles. The van der Waals surface area contributed by atoms with Gasteiger partial charge in [-0.15, -0.1) is 18.7 Å². The maximum atomic E-state index is 5.58. The van der Waals surface area contributed by atoms with E-state index in [0.29, 0.717) is 0 Å². The molecular weight excluding hydrogens is 225 g/mol. The molecule has 0 spiro atoms. The maximum Gasteiger partial charge on any atom is 0.00125 e. The molecule has 0 amide bonds. The van der Waals surface area contributed by atoms with Gasteiger partial charge in [0.25, 0.3) is 0 Å². The van der Waals surface area contributed by atoms with Gasteiger partial charge in [0, 0.05) is 39.8 Å². The topological polar surface area (TPSA) is 29.3 Å². The Morgan fingerprint density at radius 1 is 1.67 bits per heavy atom. The Morgan fingerprint density at radius 2 is 2.33 bits per heavy atom. The monoisotopic (exact) mass is 237 g/mol. The summed E-state index contributed by atoms with van der Waals surface area (Å²) in [6.07, 6.45) is 0. The summed E-state index contributed by atoms with van der Waals surface area (Å²) < 4.78 is 0. The summed E-state index contributed by atoms with van der Waals surface area (Å²) in [5.74, 6) is 0. The predicted octanol–water partition coefficient (Wildman–Crippen LogP) is 1.34. The van der Waals surface area contributed by atoms with E-state index < -0.39 is 0 Å². The summed E-state index contributed by atoms with van der Waals surface area (Å²) in [5.41, 5.74) is 7.33. The van der Waals surface area contributed by atoms with E-state index in [4.69, 9.17) is 5.73 Å². The van der Waals surface area contributed by atoms with Gasteiger partial charge in [-0.1, -0.05) is 11.4 Å². The van der Waals surface area contributed by atoms with Crippen molar-refractivity contribution in [2.45, 2.75) is 0 Å². The molecule has 1 radical (unpaired) electrons. The van der Waals surface area contributed by atoms with Gasteiger partial charge in [0.05, 0.1) is 0 Å². The zero-order valence-corrected chi connectivity index (χ0v) is 10.1. The van der Waals surface area contributed by atoms with Crippen LogP contribution in [0.2, 0.25) is 0 Å². The van der Waals surface area contributed by atoms with Crippen LogP contribution in [0.4, 0.5) is 11.4 Å². The first-order valence-electron chi connectivity index (χ1n) is 3.51. The SMILES string of the molecule is [CH2-]CN(C)c1[c-]ccc(N)c1.[Y]. The number of rotatable bonds is 2. The van der Waals surface area contributed by atoms with Crippen molar-refractivity contribution >= 4 is 11.4 Å². The first kappa shape index (κ1) is 11.9. The minimum absolute atomic E-state index is 0. The second-order valence-corrected chi connectivity index (χ2v) is 2.43. The first-order valence-corrected chi connectivity index (χ1v) is 3.51. The van der Waals surface area contributed by atoms with Gasteiger partial charge in [0.1, 0.15) is 0 Å². The largest absolute Gasteiger partial charge is 0.426 e. The fourth-order valence-electron chi connectivity index (χ4n) is 0.812. The van der Waals surface area contributed by atoms with E-state index in [2.05, 4.69) is 13.0 Å². The van der Waals surface area contributed by atoms with Crippen molar-refractivity contribution in [2.75, 3.05) is 24.2 Å². The third-order valence-electron chi connectivity index (χ3n) is 1.56. The van der Waals surface area contributed by atoms with Gasteiger partial charge in [-0.25, -0.2) is 0 Å². The van der Waals surface area contributed by atoms with Crippen LogP contribution in [-0.2, 0) is 32.7 Å². The molecule has 0 aliphatic carbocycles. The third kappa shape index (κ3) is 3.12. The molecule has 0 heterocycles. The smallest absolute Gasteiger partial charge is 0.00125 e. The Morgan fingerprint density at radius 3 is 2.83 bits per heavy atom. The molecule has 1 aromatic carbocycles. The van der Waals surface area contributed by atoms with Crippen molar-refractivity contribution in [3.63, 3.8) is 0 Å². The van der Waals surface area contributed by atoms with E-state index in [9.17, 15) is 0 Å². The molecule has 3 heteroatoms. The van der Waals surface area contributed by atoms with Gasteiger partial charge in [-0.2, -0.15) is 12.1 Å². The van der Waals surface area contributed by atoms with Crippen molar-refractivity contribution in [3.8, 4) is 0 Å². The van der Waals surface area contributed by atoms with Gasteiger partial charge >= 0.3 is 0 Å². The van der Waals surface area contributed by atoms with Crippen LogP contribution in [0.5, 0.6) is 0 Å². The molecule has 63 valence electrons. The van der Waals surface area contributed by atoms with E-state index >= 15 is 0 Å². The van der Waals surface area contributed by atoms with Crippen LogP contribution in [0.15, 0.2) is 18.2 Å².